The highest BCUT2D eigenvalue weighted by atomic mass is 35.5. The van der Waals surface area contributed by atoms with Crippen molar-refractivity contribution in [3.05, 3.63) is 41.4 Å². The van der Waals surface area contributed by atoms with Gasteiger partial charge in [0.15, 0.2) is 17.2 Å². The quantitative estimate of drug-likeness (QED) is 0.732. The second-order valence-electron chi connectivity index (χ2n) is 3.69. The summed E-state index contributed by atoms with van der Waals surface area (Å²) in [6, 6.07) is 6.33. The number of furan rings is 1. The van der Waals surface area contributed by atoms with Gasteiger partial charge < -0.3 is 10.2 Å². The van der Waals surface area contributed by atoms with Crippen molar-refractivity contribution in [2.75, 3.05) is 5.73 Å². The summed E-state index contributed by atoms with van der Waals surface area (Å²) < 4.78 is 18.9. The number of nitrogens with zero attached hydrogens (tertiary/aromatic N) is 2. The van der Waals surface area contributed by atoms with E-state index < -0.39 is 5.82 Å². The first-order chi connectivity index (χ1) is 8.66. The largest absolute Gasteiger partial charge is 0.451 e. The molecule has 0 radical (unpaired) electrons. The standard InChI is InChI=1S/C12H7ClFN3O/c13-9-10(16-5-17-12(9)15)8-4-6-2-1-3-7(14)11(6)18-8/h1-5H,(H2,15,16,17). The number of nitrogen functional groups attached to an aromatic ring is 1. The molecule has 0 spiro atoms. The number of benzene rings is 1. The molecule has 18 heavy (non-hydrogen) atoms. The topological polar surface area (TPSA) is 64.9 Å². The maximum Gasteiger partial charge on any atom is 0.170 e. The van der Waals surface area contributed by atoms with E-state index in [4.69, 9.17) is 21.8 Å². The Hall–Kier alpha value is -2.14. The summed E-state index contributed by atoms with van der Waals surface area (Å²) in [5.41, 5.74) is 6.10. The average molecular weight is 264 g/mol. The first-order valence-electron chi connectivity index (χ1n) is 5.11. The smallest absolute Gasteiger partial charge is 0.170 e. The van der Waals surface area contributed by atoms with Crippen LogP contribution in [-0.4, -0.2) is 9.97 Å². The lowest BCUT2D eigenvalue weighted by Gasteiger charge is -2.00. The van der Waals surface area contributed by atoms with Crippen molar-refractivity contribution >= 4 is 28.4 Å². The van der Waals surface area contributed by atoms with Gasteiger partial charge in [0.1, 0.15) is 22.9 Å². The van der Waals surface area contributed by atoms with Crippen molar-refractivity contribution in [1.29, 1.82) is 0 Å². The van der Waals surface area contributed by atoms with E-state index in [1.54, 1.807) is 18.2 Å². The Morgan fingerprint density at radius 2 is 2.11 bits per heavy atom. The van der Waals surface area contributed by atoms with Crippen LogP contribution in [0.1, 0.15) is 0 Å². The summed E-state index contributed by atoms with van der Waals surface area (Å²) in [5.74, 6) is 0.0775. The molecule has 0 unspecified atom stereocenters. The van der Waals surface area contributed by atoms with Crippen LogP contribution in [0.3, 0.4) is 0 Å². The Bertz CT molecular complexity index is 741. The highest BCUT2D eigenvalue weighted by Gasteiger charge is 2.15. The summed E-state index contributed by atoms with van der Waals surface area (Å²) in [6.07, 6.45) is 1.28. The summed E-state index contributed by atoms with van der Waals surface area (Å²) >= 11 is 5.99. The zero-order chi connectivity index (χ0) is 12.7. The molecule has 0 bridgehead atoms. The van der Waals surface area contributed by atoms with Gasteiger partial charge in [-0.25, -0.2) is 14.4 Å². The number of hydrogen-bond donors (Lipinski definition) is 1. The van der Waals surface area contributed by atoms with Crippen LogP contribution in [0.25, 0.3) is 22.4 Å². The first kappa shape index (κ1) is 11.0. The monoisotopic (exact) mass is 263 g/mol. The van der Waals surface area contributed by atoms with E-state index in [1.165, 1.54) is 12.4 Å². The lowest BCUT2D eigenvalue weighted by molar-refractivity contribution is 0.567. The third-order valence-electron chi connectivity index (χ3n) is 2.55. The molecular weight excluding hydrogens is 257 g/mol. The molecule has 0 saturated carbocycles. The van der Waals surface area contributed by atoms with Gasteiger partial charge in [-0.2, -0.15) is 0 Å². The van der Waals surface area contributed by atoms with Crippen molar-refractivity contribution in [1.82, 2.24) is 9.97 Å². The SMILES string of the molecule is Nc1ncnc(-c2cc3cccc(F)c3o2)c1Cl. The molecule has 0 aliphatic rings. The Kier molecular flexibility index (Phi) is 2.41. The number of fused-ring (bicyclic) bond motifs is 1. The first-order valence-corrected chi connectivity index (χ1v) is 5.49. The van der Waals surface area contributed by atoms with E-state index in [-0.39, 0.29) is 16.4 Å². The maximum atomic E-state index is 13.5. The zero-order valence-corrected chi connectivity index (χ0v) is 9.78. The Labute approximate surface area is 106 Å². The van der Waals surface area contributed by atoms with Gasteiger partial charge in [-0.05, 0) is 12.1 Å². The molecule has 1 aromatic carbocycles. The molecule has 0 aliphatic carbocycles. The van der Waals surface area contributed by atoms with Crippen molar-refractivity contribution in [3.8, 4) is 11.5 Å². The van der Waals surface area contributed by atoms with Crippen LogP contribution in [0, 0.1) is 5.82 Å². The number of para-hydroxylation sites is 1. The predicted octanol–water partition coefficient (Wildman–Crippen LogP) is 3.26. The Morgan fingerprint density at radius 3 is 2.89 bits per heavy atom. The highest BCUT2D eigenvalue weighted by Crippen LogP contribution is 2.33. The van der Waals surface area contributed by atoms with Gasteiger partial charge in [-0.3, -0.25) is 0 Å². The van der Waals surface area contributed by atoms with Crippen molar-refractivity contribution in [3.63, 3.8) is 0 Å². The number of halogens is 2. The third kappa shape index (κ3) is 1.60. The van der Waals surface area contributed by atoms with Gasteiger partial charge >= 0.3 is 0 Å². The van der Waals surface area contributed by atoms with E-state index in [0.717, 1.165) is 0 Å². The number of aromatic nitrogens is 2. The second kappa shape index (κ2) is 3.96. The molecule has 6 heteroatoms. The van der Waals surface area contributed by atoms with Gasteiger partial charge in [0.25, 0.3) is 0 Å². The van der Waals surface area contributed by atoms with Gasteiger partial charge in [-0.1, -0.05) is 23.7 Å². The molecule has 4 nitrogen and oxygen atoms in total. The Balaban J connectivity index is 2.26. The van der Waals surface area contributed by atoms with Crippen LogP contribution in [0.15, 0.2) is 35.0 Å². The van der Waals surface area contributed by atoms with Crippen molar-refractivity contribution < 1.29 is 8.81 Å². The fourth-order valence-corrected chi connectivity index (χ4v) is 1.89. The molecule has 90 valence electrons. The highest BCUT2D eigenvalue weighted by molar-refractivity contribution is 6.35. The predicted molar refractivity (Wildman–Crippen MR) is 66.6 cm³/mol. The van der Waals surface area contributed by atoms with Crippen LogP contribution < -0.4 is 5.73 Å². The van der Waals surface area contributed by atoms with Crippen molar-refractivity contribution in [2.45, 2.75) is 0 Å². The summed E-state index contributed by atoms with van der Waals surface area (Å²) in [4.78, 5) is 7.75. The fourth-order valence-electron chi connectivity index (χ4n) is 1.70. The minimum atomic E-state index is -0.433. The minimum absolute atomic E-state index is 0.155. The van der Waals surface area contributed by atoms with Gasteiger partial charge in [0.05, 0.1) is 0 Å². The lowest BCUT2D eigenvalue weighted by Crippen LogP contribution is -1.94. The zero-order valence-electron chi connectivity index (χ0n) is 9.02. The molecule has 0 saturated heterocycles. The molecule has 2 N–H and O–H groups in total. The molecule has 0 aliphatic heterocycles. The molecular formula is C12H7ClFN3O. The van der Waals surface area contributed by atoms with E-state index in [1.807, 2.05) is 0 Å². The third-order valence-corrected chi connectivity index (χ3v) is 2.92. The number of nitrogens with two attached hydrogens (primary N) is 1. The lowest BCUT2D eigenvalue weighted by atomic mass is 10.2. The molecule has 0 atom stereocenters. The molecule has 3 rings (SSSR count). The van der Waals surface area contributed by atoms with E-state index in [0.29, 0.717) is 16.8 Å². The minimum Gasteiger partial charge on any atom is -0.451 e. The van der Waals surface area contributed by atoms with Gasteiger partial charge in [0, 0.05) is 5.39 Å². The molecule has 0 amide bonds. The van der Waals surface area contributed by atoms with E-state index in [9.17, 15) is 4.39 Å². The summed E-state index contributed by atoms with van der Waals surface area (Å²) in [5, 5.41) is 0.829. The van der Waals surface area contributed by atoms with E-state index >= 15 is 0 Å². The second-order valence-corrected chi connectivity index (χ2v) is 4.07. The maximum absolute atomic E-state index is 13.5. The van der Waals surface area contributed by atoms with Crippen LogP contribution >= 0.6 is 11.6 Å². The number of anilines is 1. The van der Waals surface area contributed by atoms with E-state index in [2.05, 4.69) is 9.97 Å². The molecule has 2 heterocycles. The number of rotatable bonds is 1. The van der Waals surface area contributed by atoms with Gasteiger partial charge in [0.2, 0.25) is 0 Å². The Morgan fingerprint density at radius 1 is 1.28 bits per heavy atom. The summed E-state index contributed by atoms with van der Waals surface area (Å²) in [7, 11) is 0. The molecule has 2 aromatic heterocycles. The number of hydrogen-bond acceptors (Lipinski definition) is 4. The van der Waals surface area contributed by atoms with Crippen LogP contribution in [-0.2, 0) is 0 Å². The van der Waals surface area contributed by atoms with Crippen LogP contribution in [0.2, 0.25) is 5.02 Å². The molecule has 0 fully saturated rings. The normalized spacial score (nSPS) is 11.0. The van der Waals surface area contributed by atoms with Crippen LogP contribution in [0.5, 0.6) is 0 Å². The van der Waals surface area contributed by atoms with Crippen molar-refractivity contribution in [2.24, 2.45) is 0 Å². The summed E-state index contributed by atoms with van der Waals surface area (Å²) in [6.45, 7) is 0. The fraction of sp³-hybridized carbons (Fsp3) is 0. The van der Waals surface area contributed by atoms with Crippen LogP contribution in [0.4, 0.5) is 10.2 Å². The average Bonchev–Trinajstić information content (AvgIpc) is 2.78. The van der Waals surface area contributed by atoms with Gasteiger partial charge in [-0.15, -0.1) is 0 Å². The molecule has 3 aromatic rings.